The highest BCUT2D eigenvalue weighted by Crippen LogP contribution is 2.53. The average Bonchev–Trinajstić information content (AvgIpc) is 2.90. The van der Waals surface area contributed by atoms with E-state index in [4.69, 9.17) is 10.5 Å². The molecule has 2 aromatic carbocycles. The van der Waals surface area contributed by atoms with Gasteiger partial charge in [-0.1, -0.05) is 12.1 Å². The number of aliphatic hydroxyl groups excluding tert-OH is 2. The number of amides is 1. The average molecular weight is 578 g/mol. The van der Waals surface area contributed by atoms with Gasteiger partial charge in [-0.05, 0) is 81.8 Å². The molecular weight excluding hydrogens is 542 g/mol. The van der Waals surface area contributed by atoms with E-state index in [-0.39, 0.29) is 29.7 Å². The summed E-state index contributed by atoms with van der Waals surface area (Å²) in [5.74, 6) is -6.27. The highest BCUT2D eigenvalue weighted by molar-refractivity contribution is 6.25. The second kappa shape index (κ2) is 10.3. The van der Waals surface area contributed by atoms with E-state index in [1.807, 2.05) is 37.2 Å². The van der Waals surface area contributed by atoms with Gasteiger partial charge in [0.15, 0.2) is 11.4 Å². The fraction of sp³-hybridized carbons (Fsp3) is 0.387. The van der Waals surface area contributed by atoms with Crippen molar-refractivity contribution < 1.29 is 39.5 Å². The maximum absolute atomic E-state index is 14.0. The Bertz CT molecular complexity index is 1590. The smallest absolute Gasteiger partial charge is 0.255 e. The van der Waals surface area contributed by atoms with Crippen molar-refractivity contribution in [3.63, 3.8) is 0 Å². The van der Waals surface area contributed by atoms with Crippen molar-refractivity contribution in [3.05, 3.63) is 69.7 Å². The standard InChI is InChI=1S/C31H35N3O8/c1-33(2)13-14-6-9-21(42-5)17(10-14)16-7-8-20(35)23-18(16)11-15-12-19-25(34(3)4)27(37)24(30(32)40)29(39)31(19,41)28(38)22(15)26(23)36/h6-10,15,19,25,35,37-38,41H,11-13H2,1-5H3,(H2,32,40)/t15-,19+,25-,31+/m0/s1. The summed E-state index contributed by atoms with van der Waals surface area (Å²) in [6.07, 6.45) is 0.192. The number of hydrogen-bond donors (Lipinski definition) is 5. The fourth-order valence-corrected chi connectivity index (χ4v) is 6.93. The number of primary amides is 1. The largest absolute Gasteiger partial charge is 0.510 e. The van der Waals surface area contributed by atoms with Crippen LogP contribution < -0.4 is 10.5 Å². The number of nitrogens with zero attached hydrogens (tertiary/aromatic N) is 2. The number of nitrogens with two attached hydrogens (primary N) is 1. The van der Waals surface area contributed by atoms with Crippen molar-refractivity contribution in [1.29, 1.82) is 0 Å². The van der Waals surface area contributed by atoms with Gasteiger partial charge in [0.2, 0.25) is 5.78 Å². The third-order valence-corrected chi connectivity index (χ3v) is 8.66. The molecule has 0 fully saturated rings. The molecule has 0 aromatic heterocycles. The maximum atomic E-state index is 14.0. The number of carbonyl (C=O) groups excluding carboxylic acids is 3. The van der Waals surface area contributed by atoms with Gasteiger partial charge < -0.3 is 35.8 Å². The highest BCUT2D eigenvalue weighted by atomic mass is 16.5. The molecule has 0 saturated carbocycles. The van der Waals surface area contributed by atoms with Crippen LogP contribution in [-0.4, -0.2) is 94.6 Å². The van der Waals surface area contributed by atoms with E-state index >= 15 is 0 Å². The molecule has 0 saturated heterocycles. The van der Waals surface area contributed by atoms with Gasteiger partial charge in [-0.15, -0.1) is 0 Å². The molecule has 0 aliphatic heterocycles. The third kappa shape index (κ3) is 4.19. The lowest BCUT2D eigenvalue weighted by molar-refractivity contribution is -0.148. The van der Waals surface area contributed by atoms with Gasteiger partial charge in [-0.3, -0.25) is 19.3 Å². The number of hydrogen-bond acceptors (Lipinski definition) is 10. The third-order valence-electron chi connectivity index (χ3n) is 8.66. The van der Waals surface area contributed by atoms with Crippen molar-refractivity contribution in [3.8, 4) is 22.6 Å². The van der Waals surface area contributed by atoms with Gasteiger partial charge in [0, 0.05) is 23.6 Å². The number of methoxy groups -OCH3 is 1. The minimum Gasteiger partial charge on any atom is -0.510 e. The van der Waals surface area contributed by atoms with Crippen molar-refractivity contribution >= 4 is 17.5 Å². The second-order valence-electron chi connectivity index (χ2n) is 11.7. The number of allylic oxidation sites excluding steroid dienone is 1. The predicted octanol–water partition coefficient (Wildman–Crippen LogP) is 1.86. The monoisotopic (exact) mass is 577 g/mol. The number of phenols is 1. The van der Waals surface area contributed by atoms with E-state index in [9.17, 15) is 34.8 Å². The quantitative estimate of drug-likeness (QED) is 0.319. The van der Waals surface area contributed by atoms with Crippen LogP contribution in [0.15, 0.2) is 53.0 Å². The van der Waals surface area contributed by atoms with Crippen molar-refractivity contribution in [1.82, 2.24) is 9.80 Å². The molecule has 3 aliphatic rings. The van der Waals surface area contributed by atoms with Crippen molar-refractivity contribution in [2.24, 2.45) is 17.6 Å². The van der Waals surface area contributed by atoms with Crippen LogP contribution in [0.2, 0.25) is 0 Å². The molecule has 0 radical (unpaired) electrons. The van der Waals surface area contributed by atoms with Crippen LogP contribution in [0, 0.1) is 11.8 Å². The summed E-state index contributed by atoms with van der Waals surface area (Å²) in [4.78, 5) is 43.2. The van der Waals surface area contributed by atoms with Gasteiger partial charge in [-0.2, -0.15) is 0 Å². The molecule has 4 atom stereocenters. The zero-order chi connectivity index (χ0) is 30.8. The van der Waals surface area contributed by atoms with Crippen LogP contribution >= 0.6 is 0 Å². The SMILES string of the molecule is COc1ccc(CN(C)C)cc1-c1ccc(O)c2c1C[C@H]1C[C@@H]3[C@H](N(C)C)C(O)=C(C(N)=O)C(=O)[C@]3(O)C(O)=C1C2=O. The van der Waals surface area contributed by atoms with Gasteiger partial charge in [-0.25, -0.2) is 0 Å². The summed E-state index contributed by atoms with van der Waals surface area (Å²) in [6, 6.07) is 7.81. The number of ether oxygens (including phenoxy) is 1. The number of likely N-dealkylation sites (N-methyl/N-ethyl adjacent to an activating group) is 1. The molecule has 6 N–H and O–H groups in total. The lowest BCUT2D eigenvalue weighted by Gasteiger charge is -2.50. The van der Waals surface area contributed by atoms with Crippen LogP contribution in [-0.2, 0) is 22.6 Å². The summed E-state index contributed by atoms with van der Waals surface area (Å²) in [5.41, 5.74) is 4.55. The lowest BCUT2D eigenvalue weighted by atomic mass is 9.58. The molecule has 11 nitrogen and oxygen atoms in total. The minimum absolute atomic E-state index is 0.0126. The molecule has 0 spiro atoms. The van der Waals surface area contributed by atoms with Gasteiger partial charge in [0.1, 0.15) is 28.6 Å². The topological polar surface area (TPSA) is 174 Å². The number of aromatic hydroxyl groups is 1. The van der Waals surface area contributed by atoms with Crippen LogP contribution in [0.5, 0.6) is 11.5 Å². The molecule has 2 aromatic rings. The molecule has 3 aliphatic carbocycles. The Morgan fingerprint density at radius 3 is 2.36 bits per heavy atom. The first-order valence-electron chi connectivity index (χ1n) is 13.6. The Kier molecular flexibility index (Phi) is 7.16. The maximum Gasteiger partial charge on any atom is 0.255 e. The van der Waals surface area contributed by atoms with Crippen LogP contribution in [0.3, 0.4) is 0 Å². The molecular formula is C31H35N3O8. The highest BCUT2D eigenvalue weighted by Gasteiger charge is 2.63. The minimum atomic E-state index is -2.68. The van der Waals surface area contributed by atoms with Crippen LogP contribution in [0.1, 0.15) is 27.9 Å². The van der Waals surface area contributed by atoms with Crippen molar-refractivity contribution in [2.75, 3.05) is 35.3 Å². The Balaban J connectivity index is 1.72. The summed E-state index contributed by atoms with van der Waals surface area (Å²) < 4.78 is 5.65. The van der Waals surface area contributed by atoms with Gasteiger partial charge in [0.25, 0.3) is 5.91 Å². The number of aliphatic hydroxyl groups is 3. The zero-order valence-corrected chi connectivity index (χ0v) is 24.1. The van der Waals surface area contributed by atoms with E-state index in [2.05, 4.69) is 0 Å². The number of carbonyl (C=O) groups is 3. The summed E-state index contributed by atoms with van der Waals surface area (Å²) in [6.45, 7) is 0.657. The Hall–Kier alpha value is -4.19. The van der Waals surface area contributed by atoms with E-state index in [1.54, 1.807) is 27.3 Å². The fourth-order valence-electron chi connectivity index (χ4n) is 6.93. The zero-order valence-electron chi connectivity index (χ0n) is 24.1. The number of Topliss-reactive ketones (excluding diaryl/α,β-unsaturated/α-hetero) is 2. The van der Waals surface area contributed by atoms with E-state index < -0.39 is 58.0 Å². The summed E-state index contributed by atoms with van der Waals surface area (Å²) >= 11 is 0. The van der Waals surface area contributed by atoms with E-state index in [0.29, 0.717) is 23.4 Å². The van der Waals surface area contributed by atoms with Crippen LogP contribution in [0.4, 0.5) is 0 Å². The predicted molar refractivity (Wildman–Crippen MR) is 153 cm³/mol. The normalized spacial score (nSPS) is 25.5. The first kappa shape index (κ1) is 29.3. The molecule has 5 rings (SSSR count). The van der Waals surface area contributed by atoms with Gasteiger partial charge >= 0.3 is 0 Å². The number of rotatable bonds is 6. The Morgan fingerprint density at radius 2 is 1.76 bits per heavy atom. The van der Waals surface area contributed by atoms with Gasteiger partial charge in [0.05, 0.1) is 18.7 Å². The van der Waals surface area contributed by atoms with Crippen LogP contribution in [0.25, 0.3) is 11.1 Å². The molecule has 222 valence electrons. The van der Waals surface area contributed by atoms with E-state index in [1.165, 1.54) is 11.0 Å². The Morgan fingerprint density at radius 1 is 1.07 bits per heavy atom. The number of benzene rings is 2. The van der Waals surface area contributed by atoms with E-state index in [0.717, 1.165) is 11.1 Å². The number of ketones is 2. The molecule has 42 heavy (non-hydrogen) atoms. The first-order chi connectivity index (χ1) is 19.7. The molecule has 0 bridgehead atoms. The molecule has 0 unspecified atom stereocenters. The number of phenolic OH excluding ortho intramolecular Hbond substituents is 1. The summed E-state index contributed by atoms with van der Waals surface area (Å²) in [7, 11) is 8.63. The second-order valence-corrected chi connectivity index (χ2v) is 11.7. The molecule has 1 amide bonds. The summed E-state index contributed by atoms with van der Waals surface area (Å²) in [5, 5.41) is 45.1. The van der Waals surface area contributed by atoms with Crippen molar-refractivity contribution in [2.45, 2.75) is 31.0 Å². The molecule has 0 heterocycles. The first-order valence-corrected chi connectivity index (χ1v) is 13.6. The number of fused-ring (bicyclic) bond motifs is 3. The Labute approximate surface area is 243 Å². The lowest BCUT2D eigenvalue weighted by Crippen LogP contribution is -2.63. The molecule has 11 heteroatoms.